The molecular formula is C16H12ClN3. The Hall–Kier alpha value is -2.31. The molecule has 20 heavy (non-hydrogen) atoms. The second kappa shape index (κ2) is 4.99. The number of aryl methyl sites for hydroxylation is 1. The average Bonchev–Trinajstić information content (AvgIpc) is 2.81. The fourth-order valence-electron chi connectivity index (χ4n) is 2.27. The second-order valence-corrected chi connectivity index (χ2v) is 5.06. The summed E-state index contributed by atoms with van der Waals surface area (Å²) in [4.78, 5) is 4.61. The Morgan fingerprint density at radius 3 is 2.70 bits per heavy atom. The molecule has 0 aliphatic heterocycles. The molecule has 3 rings (SSSR count). The Labute approximate surface area is 122 Å². The summed E-state index contributed by atoms with van der Waals surface area (Å²) in [6.07, 6.45) is 2.18. The van der Waals surface area contributed by atoms with E-state index in [4.69, 9.17) is 16.9 Å². The zero-order valence-corrected chi connectivity index (χ0v) is 11.7. The number of nitrogens with zero attached hydrogens (tertiary/aromatic N) is 3. The van der Waals surface area contributed by atoms with Gasteiger partial charge in [0, 0.05) is 11.8 Å². The molecule has 1 aromatic carbocycles. The van der Waals surface area contributed by atoms with Crippen molar-refractivity contribution in [2.75, 3.05) is 0 Å². The van der Waals surface area contributed by atoms with Crippen LogP contribution in [0, 0.1) is 18.3 Å². The van der Waals surface area contributed by atoms with E-state index >= 15 is 0 Å². The molecule has 2 heterocycles. The van der Waals surface area contributed by atoms with Gasteiger partial charge in [0.25, 0.3) is 0 Å². The number of hydrogen-bond donors (Lipinski definition) is 0. The molecule has 4 heteroatoms. The van der Waals surface area contributed by atoms with Crippen molar-refractivity contribution in [3.8, 4) is 17.3 Å². The summed E-state index contributed by atoms with van der Waals surface area (Å²) in [5.74, 6) is 0. The van der Waals surface area contributed by atoms with Crippen LogP contribution in [0.3, 0.4) is 0 Å². The molecular weight excluding hydrogens is 270 g/mol. The lowest BCUT2D eigenvalue weighted by Crippen LogP contribution is -1.93. The van der Waals surface area contributed by atoms with Gasteiger partial charge in [0.1, 0.15) is 0 Å². The Kier molecular flexibility index (Phi) is 3.17. The second-order valence-electron chi connectivity index (χ2n) is 4.66. The highest BCUT2D eigenvalue weighted by molar-refractivity contribution is 6.33. The molecule has 0 aliphatic carbocycles. The van der Waals surface area contributed by atoms with Gasteiger partial charge in [0.2, 0.25) is 0 Å². The summed E-state index contributed by atoms with van der Waals surface area (Å²) in [5.41, 5.74) is 4.57. The van der Waals surface area contributed by atoms with Crippen LogP contribution >= 0.6 is 11.6 Å². The van der Waals surface area contributed by atoms with Crippen molar-refractivity contribution >= 4 is 17.2 Å². The standard InChI is InChI=1S/C16H12ClN3/c1-11-4-6-12(7-5-11)15-14(8-9-18)20-10-2-3-13(17)16(20)19-15/h2-7,10H,8H2,1H3. The van der Waals surface area contributed by atoms with Gasteiger partial charge in [0.15, 0.2) is 5.65 Å². The average molecular weight is 282 g/mol. The van der Waals surface area contributed by atoms with E-state index in [1.54, 1.807) is 6.07 Å². The third-order valence-corrected chi connectivity index (χ3v) is 3.57. The predicted molar refractivity (Wildman–Crippen MR) is 79.7 cm³/mol. The van der Waals surface area contributed by atoms with Crippen LogP contribution in [-0.4, -0.2) is 9.38 Å². The van der Waals surface area contributed by atoms with Crippen molar-refractivity contribution in [1.82, 2.24) is 9.38 Å². The van der Waals surface area contributed by atoms with Crippen molar-refractivity contribution in [2.45, 2.75) is 13.3 Å². The maximum absolute atomic E-state index is 9.06. The van der Waals surface area contributed by atoms with Crippen LogP contribution in [0.2, 0.25) is 5.02 Å². The van der Waals surface area contributed by atoms with E-state index in [0.29, 0.717) is 17.1 Å². The number of rotatable bonds is 2. The fourth-order valence-corrected chi connectivity index (χ4v) is 2.48. The van der Waals surface area contributed by atoms with Gasteiger partial charge in [-0.05, 0) is 19.1 Å². The molecule has 0 fully saturated rings. The largest absolute Gasteiger partial charge is 0.301 e. The number of pyridine rings is 1. The Balaban J connectivity index is 2.29. The lowest BCUT2D eigenvalue weighted by Gasteiger charge is -2.02. The Morgan fingerprint density at radius 1 is 1.25 bits per heavy atom. The number of fused-ring (bicyclic) bond motifs is 1. The molecule has 2 aromatic heterocycles. The third kappa shape index (κ3) is 2.04. The summed E-state index contributed by atoms with van der Waals surface area (Å²) in [6.45, 7) is 2.04. The molecule has 0 radical (unpaired) electrons. The number of benzene rings is 1. The van der Waals surface area contributed by atoms with Crippen LogP contribution in [0.1, 0.15) is 11.3 Å². The SMILES string of the molecule is Cc1ccc(-c2nc3c(Cl)cccn3c2CC#N)cc1. The zero-order chi connectivity index (χ0) is 14.1. The number of nitriles is 1. The first-order valence-electron chi connectivity index (χ1n) is 6.30. The van der Waals surface area contributed by atoms with Crippen LogP contribution < -0.4 is 0 Å². The van der Waals surface area contributed by atoms with E-state index < -0.39 is 0 Å². The summed E-state index contributed by atoms with van der Waals surface area (Å²) < 4.78 is 1.89. The number of hydrogen-bond acceptors (Lipinski definition) is 2. The van der Waals surface area contributed by atoms with E-state index in [0.717, 1.165) is 17.0 Å². The van der Waals surface area contributed by atoms with Gasteiger partial charge in [0.05, 0.1) is 28.9 Å². The Morgan fingerprint density at radius 2 is 2.00 bits per heavy atom. The summed E-state index contributed by atoms with van der Waals surface area (Å²) >= 11 is 6.19. The van der Waals surface area contributed by atoms with Gasteiger partial charge in [-0.3, -0.25) is 0 Å². The van der Waals surface area contributed by atoms with Gasteiger partial charge in [-0.15, -0.1) is 0 Å². The molecule has 0 spiro atoms. The number of imidazole rings is 1. The first kappa shape index (κ1) is 12.7. The zero-order valence-electron chi connectivity index (χ0n) is 11.0. The molecule has 0 amide bonds. The monoisotopic (exact) mass is 281 g/mol. The molecule has 3 nitrogen and oxygen atoms in total. The quantitative estimate of drug-likeness (QED) is 0.711. The maximum Gasteiger partial charge on any atom is 0.156 e. The smallest absolute Gasteiger partial charge is 0.156 e. The number of aromatic nitrogens is 2. The minimum atomic E-state index is 0.296. The van der Waals surface area contributed by atoms with Crippen LogP contribution in [0.15, 0.2) is 42.6 Å². The van der Waals surface area contributed by atoms with Crippen molar-refractivity contribution in [1.29, 1.82) is 5.26 Å². The molecule has 0 saturated carbocycles. The highest BCUT2D eigenvalue weighted by Crippen LogP contribution is 2.28. The lowest BCUT2D eigenvalue weighted by atomic mass is 10.1. The predicted octanol–water partition coefficient (Wildman–Crippen LogP) is 4.03. The molecule has 0 saturated heterocycles. The minimum absolute atomic E-state index is 0.296. The molecule has 0 atom stereocenters. The minimum Gasteiger partial charge on any atom is -0.301 e. The Bertz CT molecular complexity index is 810. The maximum atomic E-state index is 9.06. The molecule has 98 valence electrons. The normalized spacial score (nSPS) is 10.7. The molecule has 0 aliphatic rings. The first-order valence-corrected chi connectivity index (χ1v) is 6.68. The highest BCUT2D eigenvalue weighted by atomic mass is 35.5. The lowest BCUT2D eigenvalue weighted by molar-refractivity contribution is 1.06. The molecule has 0 bridgehead atoms. The van der Waals surface area contributed by atoms with Crippen molar-refractivity contribution < 1.29 is 0 Å². The molecule has 3 aromatic rings. The van der Waals surface area contributed by atoms with Gasteiger partial charge in [-0.2, -0.15) is 5.26 Å². The van der Waals surface area contributed by atoms with E-state index in [-0.39, 0.29) is 0 Å². The van der Waals surface area contributed by atoms with E-state index in [1.165, 1.54) is 5.56 Å². The van der Waals surface area contributed by atoms with Gasteiger partial charge < -0.3 is 4.40 Å². The highest BCUT2D eigenvalue weighted by Gasteiger charge is 2.15. The van der Waals surface area contributed by atoms with Crippen molar-refractivity contribution in [3.05, 3.63) is 58.9 Å². The fraction of sp³-hybridized carbons (Fsp3) is 0.125. The van der Waals surface area contributed by atoms with Crippen molar-refractivity contribution in [3.63, 3.8) is 0 Å². The number of halogens is 1. The van der Waals surface area contributed by atoms with E-state index in [9.17, 15) is 0 Å². The van der Waals surface area contributed by atoms with E-state index in [1.807, 2.05) is 47.9 Å². The van der Waals surface area contributed by atoms with Gasteiger partial charge in [-0.25, -0.2) is 4.98 Å². The van der Waals surface area contributed by atoms with Crippen LogP contribution in [0.5, 0.6) is 0 Å². The summed E-state index contributed by atoms with van der Waals surface area (Å²) in [5, 5.41) is 9.65. The van der Waals surface area contributed by atoms with Crippen molar-refractivity contribution in [2.24, 2.45) is 0 Å². The van der Waals surface area contributed by atoms with Gasteiger partial charge in [-0.1, -0.05) is 41.4 Å². The topological polar surface area (TPSA) is 41.1 Å². The summed E-state index contributed by atoms with van der Waals surface area (Å²) in [7, 11) is 0. The van der Waals surface area contributed by atoms with Crippen LogP contribution in [0.25, 0.3) is 16.9 Å². The van der Waals surface area contributed by atoms with Crippen LogP contribution in [0.4, 0.5) is 0 Å². The van der Waals surface area contributed by atoms with E-state index in [2.05, 4.69) is 11.1 Å². The first-order chi connectivity index (χ1) is 9.70. The van der Waals surface area contributed by atoms with Crippen LogP contribution in [-0.2, 0) is 6.42 Å². The third-order valence-electron chi connectivity index (χ3n) is 3.27. The van der Waals surface area contributed by atoms with Gasteiger partial charge >= 0.3 is 0 Å². The molecule has 0 unspecified atom stereocenters. The summed E-state index contributed by atoms with van der Waals surface area (Å²) in [6, 6.07) is 14.0. The molecule has 0 N–H and O–H groups in total.